The molecule has 0 aliphatic heterocycles. The molecular weight excluding hydrogens is 1440 g/mol. The Morgan fingerprint density at radius 2 is 0.722 bits per heavy atom. The molecule has 12 heteroatoms. The quantitative estimate of drug-likeness (QED) is 0.0355. The molecule has 14 rings (SSSR count). The van der Waals surface area contributed by atoms with Gasteiger partial charge in [-0.05, 0) is 301 Å². The predicted octanol–water partition coefficient (Wildman–Crippen LogP) is 30.0. The van der Waals surface area contributed by atoms with Gasteiger partial charge in [0.2, 0.25) is 0 Å². The van der Waals surface area contributed by atoms with Gasteiger partial charge in [-0.1, -0.05) is 150 Å². The SMILES string of the molecule is CCCCCC1CCC(c2ccc(OCCCCCCOc3ccc4cc(COCCc5cc(-c6cccs6)sc5-c5cccs5)ccc4c3-c3c(OCCCCCCOc4ccc(C5CCC(CCCCC)CC5)cc4)ccc4cc(COCCc5cc(-c6cccs6)sc5-c5cccs5)ccc34)cc2)CC1. The second kappa shape index (κ2) is 40.9. The molecule has 0 atom stereocenters. The number of hydrogen-bond donors (Lipinski definition) is 0. The maximum absolute atomic E-state index is 7.09. The number of ether oxygens (including phenoxy) is 6. The van der Waals surface area contributed by atoms with Crippen molar-refractivity contribution in [1.29, 1.82) is 0 Å². The second-order valence-electron chi connectivity index (χ2n) is 30.2. The molecule has 0 saturated heterocycles. The molecule has 6 aromatic carbocycles. The normalized spacial score (nSPS) is 16.1. The standard InChI is InChI=1S/C96H110O6S6/c1-3-5-11-21-69-27-33-73(34-28-69)75-37-43-81(44-38-75)99-53-13-7-9-15-55-101-85-49-41-77-63-71(67-97-57-51-79-65-91(87-23-17-59-103-87)107-95(79)89-25-19-61-105-89)31-47-83(77)93(85)94-84-48-32-72(68-98-58-52-80-66-92(88-24-18-60-104-88)108-96(80)90-26-20-62-106-90)64-78(84)42-50-86(94)102-56-16-10-8-14-54-100-82-45-39-76(40-46-82)74-35-29-70(30-36-74)22-12-6-4-2/h17-20,23-26,31-32,37-50,59-66,69-70,73-74H,3-16,21-22,27-30,33-36,51-58,67-68H2,1-2H3. The largest absolute Gasteiger partial charge is 0.494 e. The Morgan fingerprint density at radius 3 is 1.10 bits per heavy atom. The van der Waals surface area contributed by atoms with Crippen LogP contribution in [0.1, 0.15) is 213 Å². The molecule has 0 unspecified atom stereocenters. The Hall–Kier alpha value is -6.84. The minimum atomic E-state index is 0.517. The Morgan fingerprint density at radius 1 is 0.333 bits per heavy atom. The van der Waals surface area contributed by atoms with Crippen molar-refractivity contribution in [1.82, 2.24) is 0 Å². The highest BCUT2D eigenvalue weighted by molar-refractivity contribution is 7.26. The molecule has 0 radical (unpaired) electrons. The van der Waals surface area contributed by atoms with Crippen LogP contribution in [0.5, 0.6) is 23.0 Å². The van der Waals surface area contributed by atoms with Crippen molar-refractivity contribution in [3.05, 3.63) is 225 Å². The van der Waals surface area contributed by atoms with E-state index in [0.717, 1.165) is 156 Å². The summed E-state index contributed by atoms with van der Waals surface area (Å²) in [5.74, 6) is 6.94. The average molecular weight is 1550 g/mol. The van der Waals surface area contributed by atoms with Crippen LogP contribution in [-0.4, -0.2) is 39.6 Å². The molecule has 2 saturated carbocycles. The number of rotatable bonds is 43. The van der Waals surface area contributed by atoms with E-state index in [1.807, 2.05) is 45.3 Å². The van der Waals surface area contributed by atoms with Crippen molar-refractivity contribution < 1.29 is 28.4 Å². The number of hydrogen-bond acceptors (Lipinski definition) is 12. The Bertz CT molecular complexity index is 4290. The number of unbranched alkanes of at least 4 members (excludes halogenated alkanes) is 10. The molecule has 0 spiro atoms. The predicted molar refractivity (Wildman–Crippen MR) is 465 cm³/mol. The lowest BCUT2D eigenvalue weighted by atomic mass is 9.77. The van der Waals surface area contributed by atoms with Crippen LogP contribution in [0.2, 0.25) is 0 Å². The minimum absolute atomic E-state index is 0.517. The van der Waals surface area contributed by atoms with Crippen molar-refractivity contribution in [2.24, 2.45) is 11.8 Å². The number of thiophene rings is 6. The van der Waals surface area contributed by atoms with Crippen LogP contribution >= 0.6 is 68.0 Å². The fourth-order valence-corrected chi connectivity index (χ4v) is 22.3. The van der Waals surface area contributed by atoms with Gasteiger partial charge in [0.25, 0.3) is 0 Å². The van der Waals surface area contributed by atoms with Crippen molar-refractivity contribution in [3.8, 4) is 73.1 Å². The van der Waals surface area contributed by atoms with Crippen LogP contribution in [0.25, 0.3) is 71.7 Å². The summed E-state index contributed by atoms with van der Waals surface area (Å²) in [5.41, 5.74) is 10.1. The molecule has 6 aromatic heterocycles. The third kappa shape index (κ3) is 21.4. The second-order valence-corrected chi connectivity index (χ2v) is 36.1. The lowest BCUT2D eigenvalue weighted by Crippen LogP contribution is -2.13. The summed E-state index contributed by atoms with van der Waals surface area (Å²) >= 11 is 11.0. The van der Waals surface area contributed by atoms with Crippen LogP contribution in [0.4, 0.5) is 0 Å². The summed E-state index contributed by atoms with van der Waals surface area (Å²) < 4.78 is 40.1. The monoisotopic (exact) mass is 1550 g/mol. The van der Waals surface area contributed by atoms with Gasteiger partial charge in [-0.2, -0.15) is 0 Å². The highest BCUT2D eigenvalue weighted by atomic mass is 32.1. The maximum atomic E-state index is 7.09. The summed E-state index contributed by atoms with van der Waals surface area (Å²) in [6.45, 7) is 9.56. The Balaban J connectivity index is 0.659. The van der Waals surface area contributed by atoms with Crippen LogP contribution in [0, 0.1) is 11.8 Å². The van der Waals surface area contributed by atoms with Crippen LogP contribution in [0.3, 0.4) is 0 Å². The number of benzene rings is 6. The molecule has 6 heterocycles. The lowest BCUT2D eigenvalue weighted by Gasteiger charge is -2.29. The molecule has 566 valence electrons. The van der Waals surface area contributed by atoms with Gasteiger partial charge in [-0.15, -0.1) is 68.0 Å². The first-order valence-corrected chi connectivity index (χ1v) is 46.0. The first kappa shape index (κ1) is 77.9. The van der Waals surface area contributed by atoms with Crippen molar-refractivity contribution in [3.63, 3.8) is 0 Å². The van der Waals surface area contributed by atoms with Crippen LogP contribution in [0.15, 0.2) is 191 Å². The molecule has 2 aliphatic carbocycles. The molecule has 0 N–H and O–H groups in total. The van der Waals surface area contributed by atoms with E-state index in [4.69, 9.17) is 28.4 Å². The molecule has 108 heavy (non-hydrogen) atoms. The van der Waals surface area contributed by atoms with E-state index in [1.165, 1.54) is 164 Å². The van der Waals surface area contributed by atoms with Gasteiger partial charge in [0.15, 0.2) is 0 Å². The molecule has 2 aliphatic rings. The lowest BCUT2D eigenvalue weighted by molar-refractivity contribution is 0.124. The Kier molecular flexibility index (Phi) is 29.5. The fraction of sp³-hybridized carbons (Fsp3) is 0.417. The molecule has 12 aromatic rings. The first-order valence-electron chi connectivity index (χ1n) is 40.9. The van der Waals surface area contributed by atoms with Crippen LogP contribution < -0.4 is 18.9 Å². The molecule has 0 bridgehead atoms. The topological polar surface area (TPSA) is 55.4 Å². The molecule has 0 amide bonds. The van der Waals surface area contributed by atoms with Gasteiger partial charge in [-0.3, -0.25) is 0 Å². The van der Waals surface area contributed by atoms with E-state index in [2.05, 4.69) is 205 Å². The fourth-order valence-electron chi connectivity index (χ4n) is 16.4. The zero-order valence-electron chi connectivity index (χ0n) is 63.7. The summed E-state index contributed by atoms with van der Waals surface area (Å²) in [5, 5.41) is 13.2. The van der Waals surface area contributed by atoms with E-state index in [0.29, 0.717) is 51.5 Å². The molecule has 6 nitrogen and oxygen atoms in total. The summed E-state index contributed by atoms with van der Waals surface area (Å²) in [6, 6.07) is 63.1. The summed E-state index contributed by atoms with van der Waals surface area (Å²) in [4.78, 5) is 10.6. The van der Waals surface area contributed by atoms with E-state index >= 15 is 0 Å². The van der Waals surface area contributed by atoms with Gasteiger partial charge < -0.3 is 28.4 Å². The highest BCUT2D eigenvalue weighted by Gasteiger charge is 2.26. The van der Waals surface area contributed by atoms with Crippen molar-refractivity contribution in [2.75, 3.05) is 39.6 Å². The van der Waals surface area contributed by atoms with E-state index in [-0.39, 0.29) is 0 Å². The zero-order valence-corrected chi connectivity index (χ0v) is 68.6. The summed E-state index contributed by atoms with van der Waals surface area (Å²) in [6.07, 6.45) is 31.7. The maximum Gasteiger partial charge on any atom is 0.127 e. The third-order valence-corrected chi connectivity index (χ3v) is 29.1. The van der Waals surface area contributed by atoms with E-state index < -0.39 is 0 Å². The van der Waals surface area contributed by atoms with Crippen molar-refractivity contribution in [2.45, 2.75) is 206 Å². The van der Waals surface area contributed by atoms with Gasteiger partial charge >= 0.3 is 0 Å². The van der Waals surface area contributed by atoms with E-state index in [1.54, 1.807) is 22.7 Å². The van der Waals surface area contributed by atoms with Crippen molar-refractivity contribution >= 4 is 89.6 Å². The minimum Gasteiger partial charge on any atom is -0.494 e. The highest BCUT2D eigenvalue weighted by Crippen LogP contribution is 2.49. The third-order valence-electron chi connectivity index (χ3n) is 22.5. The van der Waals surface area contributed by atoms with Gasteiger partial charge in [-0.25, -0.2) is 0 Å². The van der Waals surface area contributed by atoms with Crippen LogP contribution in [-0.2, 0) is 35.5 Å². The van der Waals surface area contributed by atoms with Gasteiger partial charge in [0, 0.05) is 50.1 Å². The summed E-state index contributed by atoms with van der Waals surface area (Å²) in [7, 11) is 0. The average Bonchev–Trinajstić information content (AvgIpc) is 1.47. The van der Waals surface area contributed by atoms with E-state index in [9.17, 15) is 0 Å². The van der Waals surface area contributed by atoms with Gasteiger partial charge in [0.1, 0.15) is 23.0 Å². The van der Waals surface area contributed by atoms with Gasteiger partial charge in [0.05, 0.1) is 52.9 Å². The Labute approximate surface area is 667 Å². The zero-order chi connectivity index (χ0) is 73.3. The molecular formula is C96H110O6S6. The first-order chi connectivity index (χ1) is 53.5. The molecule has 2 fully saturated rings. The number of fused-ring (bicyclic) bond motifs is 2. The smallest absolute Gasteiger partial charge is 0.127 e.